The molecule has 1 aliphatic rings. The number of aromatic nitrogens is 1. The summed E-state index contributed by atoms with van der Waals surface area (Å²) in [7, 11) is 0. The summed E-state index contributed by atoms with van der Waals surface area (Å²) >= 11 is 1.78. The van der Waals surface area contributed by atoms with Gasteiger partial charge in [0, 0.05) is 41.7 Å². The summed E-state index contributed by atoms with van der Waals surface area (Å²) in [5.41, 5.74) is 0.899. The Morgan fingerprint density at radius 2 is 1.96 bits per heavy atom. The Morgan fingerprint density at radius 1 is 1.25 bits per heavy atom. The molecule has 6 nitrogen and oxygen atoms in total. The lowest BCUT2D eigenvalue weighted by Crippen LogP contribution is -2.39. The highest BCUT2D eigenvalue weighted by Crippen LogP contribution is 2.32. The molecule has 0 saturated carbocycles. The second kappa shape index (κ2) is 6.82. The Balaban J connectivity index is 2.12. The van der Waals surface area contributed by atoms with E-state index in [1.54, 1.807) is 11.8 Å². The fraction of sp³-hybridized carbons (Fsp3) is 0.375. The van der Waals surface area contributed by atoms with E-state index in [9.17, 15) is 19.1 Å². The van der Waals surface area contributed by atoms with Crippen LogP contribution in [0.5, 0.6) is 0 Å². The van der Waals surface area contributed by atoms with Crippen molar-refractivity contribution >= 4 is 34.6 Å². The van der Waals surface area contributed by atoms with E-state index in [-0.39, 0.29) is 6.54 Å². The number of aliphatic carboxylic acids is 2. The van der Waals surface area contributed by atoms with E-state index in [4.69, 9.17) is 5.11 Å². The molecule has 1 aromatic carbocycles. The molecule has 2 aromatic rings. The van der Waals surface area contributed by atoms with E-state index in [1.165, 1.54) is 29.0 Å². The van der Waals surface area contributed by atoms with E-state index in [0.29, 0.717) is 29.6 Å². The van der Waals surface area contributed by atoms with Crippen molar-refractivity contribution in [3.63, 3.8) is 0 Å². The first kappa shape index (κ1) is 16.8. The van der Waals surface area contributed by atoms with Gasteiger partial charge < -0.3 is 14.8 Å². The largest absolute Gasteiger partial charge is 0.480 e. The lowest BCUT2D eigenvalue weighted by atomic mass is 10.0. The predicted octanol–water partition coefficient (Wildman–Crippen LogP) is 2.04. The number of nitrogens with zero attached hydrogens (tertiary/aromatic N) is 2. The van der Waals surface area contributed by atoms with Crippen LogP contribution in [0.15, 0.2) is 24.4 Å². The van der Waals surface area contributed by atoms with Crippen molar-refractivity contribution in [3.8, 4) is 0 Å². The molecule has 0 radical (unpaired) electrons. The second-order valence-corrected chi connectivity index (χ2v) is 6.88. The van der Waals surface area contributed by atoms with E-state index >= 15 is 0 Å². The lowest BCUT2D eigenvalue weighted by molar-refractivity contribution is -0.143. The zero-order valence-corrected chi connectivity index (χ0v) is 13.6. The van der Waals surface area contributed by atoms with Crippen molar-refractivity contribution in [3.05, 3.63) is 35.8 Å². The predicted molar refractivity (Wildman–Crippen MR) is 88.8 cm³/mol. The van der Waals surface area contributed by atoms with Gasteiger partial charge in [-0.15, -0.1) is 0 Å². The van der Waals surface area contributed by atoms with Crippen molar-refractivity contribution < 1.29 is 24.2 Å². The Hall–Kier alpha value is -2.06. The summed E-state index contributed by atoms with van der Waals surface area (Å²) < 4.78 is 15.0. The van der Waals surface area contributed by atoms with Crippen LogP contribution in [0.1, 0.15) is 11.6 Å². The Morgan fingerprint density at radius 3 is 2.58 bits per heavy atom. The molecular weight excluding hydrogens is 335 g/mol. The van der Waals surface area contributed by atoms with Gasteiger partial charge in [-0.2, -0.15) is 11.8 Å². The van der Waals surface area contributed by atoms with Gasteiger partial charge in [0.05, 0.1) is 5.52 Å². The van der Waals surface area contributed by atoms with Gasteiger partial charge in [-0.1, -0.05) is 0 Å². The minimum absolute atomic E-state index is 0.345. The number of carboxylic acid groups (broad SMARTS) is 2. The average molecular weight is 352 g/mol. The van der Waals surface area contributed by atoms with Crippen molar-refractivity contribution in [1.82, 2.24) is 9.47 Å². The molecule has 1 saturated heterocycles. The van der Waals surface area contributed by atoms with Gasteiger partial charge in [0.2, 0.25) is 0 Å². The maximum atomic E-state index is 13.6. The van der Waals surface area contributed by atoms with Crippen molar-refractivity contribution in [1.29, 1.82) is 0 Å². The maximum Gasteiger partial charge on any atom is 0.325 e. The summed E-state index contributed by atoms with van der Waals surface area (Å²) in [5, 5.41) is 19.4. The van der Waals surface area contributed by atoms with Gasteiger partial charge in [-0.25, -0.2) is 4.39 Å². The molecule has 2 heterocycles. The first-order valence-electron chi connectivity index (χ1n) is 7.52. The molecule has 8 heteroatoms. The molecule has 128 valence electrons. The number of halogens is 1. The molecule has 1 aliphatic heterocycles. The molecule has 1 fully saturated rings. The third-order valence-corrected chi connectivity index (χ3v) is 5.06. The number of hydrogen-bond acceptors (Lipinski definition) is 4. The molecule has 2 N–H and O–H groups in total. The molecule has 0 aliphatic carbocycles. The van der Waals surface area contributed by atoms with Crippen LogP contribution in [0.25, 0.3) is 10.9 Å². The summed E-state index contributed by atoms with van der Waals surface area (Å²) in [4.78, 5) is 24.8. The first-order chi connectivity index (χ1) is 11.5. The monoisotopic (exact) mass is 352 g/mol. The number of fused-ring (bicyclic) bond motifs is 1. The summed E-state index contributed by atoms with van der Waals surface area (Å²) in [6, 6.07) is 3.16. The summed E-state index contributed by atoms with van der Waals surface area (Å²) in [6.45, 7) is 0.949. The van der Waals surface area contributed by atoms with Gasteiger partial charge >= 0.3 is 11.9 Å². The molecule has 1 atom stereocenters. The van der Waals surface area contributed by atoms with Crippen LogP contribution >= 0.6 is 11.8 Å². The number of carbonyl (C=O) groups is 2. The third kappa shape index (κ3) is 3.25. The Bertz CT molecular complexity index is 786. The number of hydrogen-bond donors (Lipinski definition) is 2. The highest BCUT2D eigenvalue weighted by molar-refractivity contribution is 7.99. The molecule has 0 amide bonds. The van der Waals surface area contributed by atoms with Gasteiger partial charge in [0.15, 0.2) is 0 Å². The lowest BCUT2D eigenvalue weighted by Gasteiger charge is -2.31. The van der Waals surface area contributed by atoms with Gasteiger partial charge in [-0.05, 0) is 18.2 Å². The maximum absolute atomic E-state index is 13.6. The molecule has 0 spiro atoms. The molecule has 0 bridgehead atoms. The average Bonchev–Trinajstić information content (AvgIpc) is 2.85. The van der Waals surface area contributed by atoms with Gasteiger partial charge in [0.25, 0.3) is 0 Å². The van der Waals surface area contributed by atoms with Crippen LogP contribution in [0.4, 0.5) is 4.39 Å². The minimum Gasteiger partial charge on any atom is -0.480 e. The first-order valence-corrected chi connectivity index (χ1v) is 8.67. The molecule has 24 heavy (non-hydrogen) atoms. The molecule has 1 unspecified atom stereocenters. The fourth-order valence-electron chi connectivity index (χ4n) is 3.11. The van der Waals surface area contributed by atoms with Gasteiger partial charge in [0.1, 0.15) is 18.4 Å². The van der Waals surface area contributed by atoms with E-state index in [0.717, 1.165) is 11.5 Å². The molecular formula is C16H17FN2O4S. The highest BCUT2D eigenvalue weighted by atomic mass is 32.2. The van der Waals surface area contributed by atoms with Crippen molar-refractivity contribution in [2.24, 2.45) is 0 Å². The highest BCUT2D eigenvalue weighted by Gasteiger charge is 2.31. The fourth-order valence-corrected chi connectivity index (χ4v) is 4.04. The van der Waals surface area contributed by atoms with Crippen LogP contribution in [0.2, 0.25) is 0 Å². The quantitative estimate of drug-likeness (QED) is 0.857. The second-order valence-electron chi connectivity index (χ2n) is 5.66. The molecule has 1 aromatic heterocycles. The van der Waals surface area contributed by atoms with E-state index in [2.05, 4.69) is 0 Å². The minimum atomic E-state index is -1.07. The summed E-state index contributed by atoms with van der Waals surface area (Å²) in [5.74, 6) is -0.831. The van der Waals surface area contributed by atoms with Crippen LogP contribution in [-0.2, 0) is 16.1 Å². The number of carboxylic acids is 2. The smallest absolute Gasteiger partial charge is 0.325 e. The zero-order valence-electron chi connectivity index (χ0n) is 12.8. The summed E-state index contributed by atoms with van der Waals surface area (Å²) in [6.07, 6.45) is 1.53. The Labute approximate surface area is 141 Å². The molecule has 3 rings (SSSR count). The standard InChI is InChI=1S/C16H17FN2O4S/c17-10-1-2-11-12(8-19(9-14(20)21)13(11)7-10)15(16(22)23)18-3-5-24-6-4-18/h1-2,7-8,15H,3-6,9H2,(H,20,21)(H,22,23). The Kier molecular flexibility index (Phi) is 4.77. The third-order valence-electron chi connectivity index (χ3n) is 4.12. The van der Waals surface area contributed by atoms with Crippen molar-refractivity contribution in [2.45, 2.75) is 12.6 Å². The van der Waals surface area contributed by atoms with Crippen LogP contribution in [0.3, 0.4) is 0 Å². The van der Waals surface area contributed by atoms with E-state index in [1.807, 2.05) is 4.90 Å². The number of rotatable bonds is 5. The van der Waals surface area contributed by atoms with Gasteiger partial charge in [-0.3, -0.25) is 14.5 Å². The number of thioether (sulfide) groups is 1. The normalized spacial score (nSPS) is 17.0. The van der Waals surface area contributed by atoms with E-state index < -0.39 is 23.8 Å². The van der Waals surface area contributed by atoms with Crippen LogP contribution in [0, 0.1) is 5.82 Å². The zero-order chi connectivity index (χ0) is 17.3. The number of benzene rings is 1. The van der Waals surface area contributed by atoms with Crippen LogP contribution < -0.4 is 0 Å². The van der Waals surface area contributed by atoms with Crippen LogP contribution in [-0.4, -0.2) is 56.2 Å². The SMILES string of the molecule is O=C(O)Cn1cc(C(C(=O)O)N2CCSCC2)c2ccc(F)cc21. The topological polar surface area (TPSA) is 82.8 Å². The van der Waals surface area contributed by atoms with Crippen molar-refractivity contribution in [2.75, 3.05) is 24.6 Å².